The minimum atomic E-state index is -0.160. The van der Waals surface area contributed by atoms with E-state index < -0.39 is 0 Å². The van der Waals surface area contributed by atoms with E-state index in [0.717, 1.165) is 31.5 Å². The summed E-state index contributed by atoms with van der Waals surface area (Å²) >= 11 is 0. The van der Waals surface area contributed by atoms with Gasteiger partial charge in [0.1, 0.15) is 12.3 Å². The number of piperidine rings is 1. The van der Waals surface area contributed by atoms with Gasteiger partial charge in [0, 0.05) is 20.0 Å². The molecule has 0 bridgehead atoms. The first-order chi connectivity index (χ1) is 10.9. The molecule has 1 unspecified atom stereocenters. The van der Waals surface area contributed by atoms with Crippen LogP contribution in [-0.4, -0.2) is 43.5 Å². The van der Waals surface area contributed by atoms with Crippen molar-refractivity contribution in [1.82, 2.24) is 4.90 Å². The number of rotatable bonds is 4. The minimum Gasteiger partial charge on any atom is -0.495 e. The number of aryl methyl sites for hydroxylation is 1. The fourth-order valence-corrected chi connectivity index (χ4v) is 3.03. The fraction of sp³-hybridized carbons (Fsp3) is 0.556. The van der Waals surface area contributed by atoms with Crippen molar-refractivity contribution in [3.63, 3.8) is 0 Å². The Balaban J connectivity index is 2.20. The number of hydrogen-bond donors (Lipinski definition) is 0. The van der Waals surface area contributed by atoms with Crippen molar-refractivity contribution in [2.24, 2.45) is 5.92 Å². The molecule has 0 N–H and O–H groups in total. The standard InChI is InChI=1S/C18H26N2O3/c1-13-7-8-17(23-4)16(10-13)20(15(3)21)12-18(22)19-9-5-6-14(2)11-19/h7-8,10,14H,5-6,9,11-12H2,1-4H3. The number of carbonyl (C=O) groups is 2. The summed E-state index contributed by atoms with van der Waals surface area (Å²) in [7, 11) is 1.57. The molecule has 0 aromatic heterocycles. The molecule has 1 aliphatic heterocycles. The van der Waals surface area contributed by atoms with Gasteiger partial charge in [0.15, 0.2) is 0 Å². The Hall–Kier alpha value is -2.04. The van der Waals surface area contributed by atoms with Gasteiger partial charge in [-0.1, -0.05) is 13.0 Å². The second kappa shape index (κ2) is 7.49. The predicted molar refractivity (Wildman–Crippen MR) is 90.7 cm³/mol. The molecule has 126 valence electrons. The zero-order valence-electron chi connectivity index (χ0n) is 14.5. The molecule has 0 saturated carbocycles. The second-order valence-electron chi connectivity index (χ2n) is 6.37. The summed E-state index contributed by atoms with van der Waals surface area (Å²) in [4.78, 5) is 28.1. The zero-order chi connectivity index (χ0) is 17.0. The Labute approximate surface area is 138 Å². The zero-order valence-corrected chi connectivity index (χ0v) is 14.5. The number of anilines is 1. The molecular formula is C18H26N2O3. The van der Waals surface area contributed by atoms with Gasteiger partial charge in [-0.25, -0.2) is 0 Å². The van der Waals surface area contributed by atoms with E-state index in [1.165, 1.54) is 11.8 Å². The molecular weight excluding hydrogens is 292 g/mol. The van der Waals surface area contributed by atoms with Gasteiger partial charge in [-0.05, 0) is 43.4 Å². The van der Waals surface area contributed by atoms with Gasteiger partial charge in [0.25, 0.3) is 0 Å². The van der Waals surface area contributed by atoms with E-state index in [9.17, 15) is 9.59 Å². The average molecular weight is 318 g/mol. The van der Waals surface area contributed by atoms with Crippen molar-refractivity contribution in [2.45, 2.75) is 33.6 Å². The minimum absolute atomic E-state index is 0.00434. The molecule has 1 aromatic carbocycles. The van der Waals surface area contributed by atoms with Gasteiger partial charge in [-0.15, -0.1) is 0 Å². The Morgan fingerprint density at radius 2 is 2.13 bits per heavy atom. The van der Waals surface area contributed by atoms with E-state index >= 15 is 0 Å². The Morgan fingerprint density at radius 1 is 1.39 bits per heavy atom. The number of ether oxygens (including phenoxy) is 1. The number of amides is 2. The third-order valence-corrected chi connectivity index (χ3v) is 4.31. The summed E-state index contributed by atoms with van der Waals surface area (Å²) in [6.07, 6.45) is 2.19. The van der Waals surface area contributed by atoms with Gasteiger partial charge in [0.05, 0.1) is 12.8 Å². The molecule has 2 amide bonds. The van der Waals surface area contributed by atoms with E-state index in [0.29, 0.717) is 17.4 Å². The van der Waals surface area contributed by atoms with Crippen molar-refractivity contribution in [2.75, 3.05) is 31.6 Å². The average Bonchev–Trinajstić information content (AvgIpc) is 2.52. The molecule has 23 heavy (non-hydrogen) atoms. The van der Waals surface area contributed by atoms with Crippen LogP contribution >= 0.6 is 0 Å². The molecule has 2 rings (SSSR count). The Bertz CT molecular complexity index is 586. The van der Waals surface area contributed by atoms with E-state index in [-0.39, 0.29) is 18.4 Å². The van der Waals surface area contributed by atoms with Gasteiger partial charge < -0.3 is 9.64 Å². The van der Waals surface area contributed by atoms with Crippen LogP contribution in [-0.2, 0) is 9.59 Å². The lowest BCUT2D eigenvalue weighted by molar-refractivity contribution is -0.132. The largest absolute Gasteiger partial charge is 0.495 e. The smallest absolute Gasteiger partial charge is 0.242 e. The van der Waals surface area contributed by atoms with Crippen LogP contribution in [0.3, 0.4) is 0 Å². The number of methoxy groups -OCH3 is 1. The van der Waals surface area contributed by atoms with Crippen LogP contribution in [0.15, 0.2) is 18.2 Å². The fourth-order valence-electron chi connectivity index (χ4n) is 3.03. The SMILES string of the molecule is COc1ccc(C)cc1N(CC(=O)N1CCCC(C)C1)C(C)=O. The third kappa shape index (κ3) is 4.24. The molecule has 1 fully saturated rings. The first-order valence-electron chi connectivity index (χ1n) is 8.13. The molecule has 0 aliphatic carbocycles. The van der Waals surface area contributed by atoms with E-state index in [2.05, 4.69) is 6.92 Å². The van der Waals surface area contributed by atoms with Crippen LogP contribution in [0.5, 0.6) is 5.75 Å². The van der Waals surface area contributed by atoms with Crippen LogP contribution in [0.25, 0.3) is 0 Å². The van der Waals surface area contributed by atoms with Crippen LogP contribution in [0.4, 0.5) is 5.69 Å². The molecule has 1 heterocycles. The highest BCUT2D eigenvalue weighted by Crippen LogP contribution is 2.29. The molecule has 0 radical (unpaired) electrons. The molecule has 0 spiro atoms. The Kier molecular flexibility index (Phi) is 5.64. The summed E-state index contributed by atoms with van der Waals surface area (Å²) in [5.74, 6) is 0.959. The van der Waals surface area contributed by atoms with Crippen molar-refractivity contribution >= 4 is 17.5 Å². The van der Waals surface area contributed by atoms with Gasteiger partial charge >= 0.3 is 0 Å². The van der Waals surface area contributed by atoms with Crippen molar-refractivity contribution in [1.29, 1.82) is 0 Å². The third-order valence-electron chi connectivity index (χ3n) is 4.31. The van der Waals surface area contributed by atoms with Crippen molar-refractivity contribution in [3.05, 3.63) is 23.8 Å². The number of likely N-dealkylation sites (tertiary alicyclic amines) is 1. The highest BCUT2D eigenvalue weighted by Gasteiger charge is 2.25. The normalized spacial score (nSPS) is 17.7. The summed E-state index contributed by atoms with van der Waals surface area (Å²) < 4.78 is 5.36. The maximum absolute atomic E-state index is 12.6. The summed E-state index contributed by atoms with van der Waals surface area (Å²) in [6.45, 7) is 7.20. The molecule has 1 aromatic rings. The number of hydrogen-bond acceptors (Lipinski definition) is 3. The lowest BCUT2D eigenvalue weighted by Crippen LogP contribution is -2.46. The van der Waals surface area contributed by atoms with Crippen molar-refractivity contribution < 1.29 is 14.3 Å². The second-order valence-corrected chi connectivity index (χ2v) is 6.37. The number of benzene rings is 1. The summed E-state index contributed by atoms with van der Waals surface area (Å²) in [5.41, 5.74) is 1.67. The molecule has 1 saturated heterocycles. The van der Waals surface area contributed by atoms with E-state index in [4.69, 9.17) is 4.74 Å². The lowest BCUT2D eigenvalue weighted by Gasteiger charge is -2.33. The van der Waals surface area contributed by atoms with Gasteiger partial charge in [-0.3, -0.25) is 14.5 Å². The van der Waals surface area contributed by atoms with Gasteiger partial charge in [-0.2, -0.15) is 0 Å². The summed E-state index contributed by atoms with van der Waals surface area (Å²) in [5, 5.41) is 0. The van der Waals surface area contributed by atoms with Crippen LogP contribution < -0.4 is 9.64 Å². The lowest BCUT2D eigenvalue weighted by atomic mass is 10.0. The predicted octanol–water partition coefficient (Wildman–Crippen LogP) is 2.62. The van der Waals surface area contributed by atoms with E-state index in [1.807, 2.05) is 30.0 Å². The molecule has 1 aliphatic rings. The molecule has 5 heteroatoms. The van der Waals surface area contributed by atoms with Crippen LogP contribution in [0.1, 0.15) is 32.3 Å². The van der Waals surface area contributed by atoms with Gasteiger partial charge in [0.2, 0.25) is 11.8 Å². The van der Waals surface area contributed by atoms with E-state index in [1.54, 1.807) is 7.11 Å². The highest BCUT2D eigenvalue weighted by molar-refractivity contribution is 5.98. The monoisotopic (exact) mass is 318 g/mol. The quantitative estimate of drug-likeness (QED) is 0.857. The van der Waals surface area contributed by atoms with Crippen LogP contribution in [0.2, 0.25) is 0 Å². The number of nitrogens with zero attached hydrogens (tertiary/aromatic N) is 2. The number of carbonyl (C=O) groups excluding carboxylic acids is 2. The topological polar surface area (TPSA) is 49.9 Å². The summed E-state index contributed by atoms with van der Waals surface area (Å²) in [6, 6.07) is 5.63. The molecule has 1 atom stereocenters. The van der Waals surface area contributed by atoms with Crippen LogP contribution in [0, 0.1) is 12.8 Å². The maximum Gasteiger partial charge on any atom is 0.242 e. The highest BCUT2D eigenvalue weighted by atomic mass is 16.5. The first kappa shape index (κ1) is 17.3. The maximum atomic E-state index is 12.6. The van der Waals surface area contributed by atoms with Crippen molar-refractivity contribution in [3.8, 4) is 5.75 Å². The Morgan fingerprint density at radius 3 is 2.74 bits per heavy atom. The first-order valence-corrected chi connectivity index (χ1v) is 8.13. The molecule has 5 nitrogen and oxygen atoms in total.